The van der Waals surface area contributed by atoms with Crippen LogP contribution in [-0.2, 0) is 6.42 Å². The molecule has 0 saturated carbocycles. The van der Waals surface area contributed by atoms with Gasteiger partial charge >= 0.3 is 0 Å². The van der Waals surface area contributed by atoms with Gasteiger partial charge in [-0.25, -0.2) is 5.10 Å². The first kappa shape index (κ1) is 24.5. The number of carbonyl (C=O) groups is 1. The second-order valence-corrected chi connectivity index (χ2v) is 8.97. The molecule has 11 heteroatoms. The van der Waals surface area contributed by atoms with E-state index in [0.29, 0.717) is 28.0 Å². The zero-order valence-corrected chi connectivity index (χ0v) is 20.7. The lowest BCUT2D eigenvalue weighted by Gasteiger charge is -2.09. The third-order valence-electron chi connectivity index (χ3n) is 5.74. The van der Waals surface area contributed by atoms with Gasteiger partial charge in [-0.3, -0.25) is 9.59 Å². The average Bonchev–Trinajstić information content (AvgIpc) is 3.45. The summed E-state index contributed by atoms with van der Waals surface area (Å²) in [5.41, 5.74) is 7.10. The molecule has 2 aromatic heterocycles. The van der Waals surface area contributed by atoms with Crippen molar-refractivity contribution >= 4 is 45.6 Å². The van der Waals surface area contributed by atoms with Gasteiger partial charge in [0.1, 0.15) is 17.0 Å². The zero-order chi connectivity index (χ0) is 25.9. The molecule has 0 bridgehead atoms. The number of halogens is 2. The standard InChI is InChI=1S/C26H19Cl2N5O4/c27-19-11-6-14(13-20(19)28)3-2-12-36-16-9-7-15(8-10-16)22(34)17-4-1-5-18-23(35)21(29)25(37-24(17)18)26-30-32-33-31-26/h1,4-11,13H,2-3,12,29H2,(H,30,31,32,33). The number of aromatic amines is 1. The molecular formula is C26H19Cl2N5O4. The van der Waals surface area contributed by atoms with Gasteiger partial charge in [-0.15, -0.1) is 5.10 Å². The Hall–Kier alpha value is -4.21. The number of carbonyl (C=O) groups excluding carboxylic acids is 1. The van der Waals surface area contributed by atoms with Crippen LogP contribution in [0.5, 0.6) is 5.75 Å². The van der Waals surface area contributed by atoms with Crippen LogP contribution in [0, 0.1) is 0 Å². The van der Waals surface area contributed by atoms with Crippen LogP contribution in [0.4, 0.5) is 5.69 Å². The quantitative estimate of drug-likeness (QED) is 0.206. The number of fused-ring (bicyclic) bond motifs is 1. The summed E-state index contributed by atoms with van der Waals surface area (Å²) in [5.74, 6) is 0.348. The van der Waals surface area contributed by atoms with Crippen LogP contribution in [0.1, 0.15) is 27.9 Å². The number of ether oxygens (including phenoxy) is 1. The van der Waals surface area contributed by atoms with Crippen LogP contribution in [0.2, 0.25) is 10.0 Å². The summed E-state index contributed by atoms with van der Waals surface area (Å²) in [6.07, 6.45) is 1.57. The first-order chi connectivity index (χ1) is 17.9. The average molecular weight is 536 g/mol. The van der Waals surface area contributed by atoms with E-state index >= 15 is 0 Å². The van der Waals surface area contributed by atoms with Crippen LogP contribution in [0.15, 0.2) is 69.9 Å². The van der Waals surface area contributed by atoms with Crippen molar-refractivity contribution in [3.8, 4) is 17.3 Å². The van der Waals surface area contributed by atoms with Gasteiger partial charge < -0.3 is 14.9 Å². The Labute approximate surface area is 220 Å². The minimum Gasteiger partial charge on any atom is -0.494 e. The summed E-state index contributed by atoms with van der Waals surface area (Å²) in [5, 5.41) is 14.5. The Bertz CT molecular complexity index is 1650. The van der Waals surface area contributed by atoms with Crippen molar-refractivity contribution in [1.29, 1.82) is 0 Å². The number of nitrogens with zero attached hydrogens (tertiary/aromatic N) is 3. The number of rotatable bonds is 8. The molecule has 5 aromatic rings. The molecule has 0 radical (unpaired) electrons. The Balaban J connectivity index is 1.32. The van der Waals surface area contributed by atoms with E-state index in [0.717, 1.165) is 18.4 Å². The largest absolute Gasteiger partial charge is 0.494 e. The predicted octanol–water partition coefficient (Wildman–Crippen LogP) is 5.10. The van der Waals surface area contributed by atoms with Crippen molar-refractivity contribution in [2.75, 3.05) is 12.3 Å². The Morgan fingerprint density at radius 1 is 1.05 bits per heavy atom. The van der Waals surface area contributed by atoms with Crippen LogP contribution < -0.4 is 15.9 Å². The SMILES string of the molecule is Nc1c(-c2nnn[nH]2)oc2c(C(=O)c3ccc(OCCCc4ccc(Cl)c(Cl)c4)cc3)cccc2c1=O. The second kappa shape index (κ2) is 10.4. The minimum atomic E-state index is -0.480. The number of aromatic nitrogens is 4. The number of para-hydroxylation sites is 1. The van der Waals surface area contributed by atoms with Gasteiger partial charge in [-0.1, -0.05) is 35.3 Å². The maximum atomic E-state index is 13.3. The molecule has 186 valence electrons. The third kappa shape index (κ3) is 5.04. The normalized spacial score (nSPS) is 11.1. The molecule has 0 aliphatic rings. The summed E-state index contributed by atoms with van der Waals surface area (Å²) in [4.78, 5) is 26.2. The third-order valence-corrected chi connectivity index (χ3v) is 6.48. The molecule has 0 saturated heterocycles. The number of ketones is 1. The van der Waals surface area contributed by atoms with Gasteiger partial charge in [0, 0.05) is 5.56 Å². The van der Waals surface area contributed by atoms with Gasteiger partial charge in [-0.2, -0.15) is 0 Å². The fourth-order valence-corrected chi connectivity index (χ4v) is 4.18. The molecule has 9 nitrogen and oxygen atoms in total. The summed E-state index contributed by atoms with van der Waals surface area (Å²) in [6, 6.07) is 17.0. The summed E-state index contributed by atoms with van der Waals surface area (Å²) in [7, 11) is 0. The van der Waals surface area contributed by atoms with E-state index < -0.39 is 5.43 Å². The molecule has 0 amide bonds. The number of nitrogens with one attached hydrogen (secondary N) is 1. The Morgan fingerprint density at radius 2 is 1.86 bits per heavy atom. The zero-order valence-electron chi connectivity index (χ0n) is 19.2. The highest BCUT2D eigenvalue weighted by molar-refractivity contribution is 6.42. The van der Waals surface area contributed by atoms with E-state index in [1.54, 1.807) is 48.5 Å². The molecule has 2 heterocycles. The highest BCUT2D eigenvalue weighted by atomic mass is 35.5. The van der Waals surface area contributed by atoms with E-state index in [4.69, 9.17) is 38.1 Å². The van der Waals surface area contributed by atoms with Crippen molar-refractivity contribution in [1.82, 2.24) is 20.6 Å². The molecule has 37 heavy (non-hydrogen) atoms. The van der Waals surface area contributed by atoms with Crippen LogP contribution in [0.25, 0.3) is 22.6 Å². The van der Waals surface area contributed by atoms with E-state index in [1.165, 1.54) is 0 Å². The summed E-state index contributed by atoms with van der Waals surface area (Å²) in [6.45, 7) is 0.489. The monoisotopic (exact) mass is 535 g/mol. The number of hydrogen-bond donors (Lipinski definition) is 2. The first-order valence-corrected chi connectivity index (χ1v) is 12.0. The molecule has 0 fully saturated rings. The molecule has 0 aliphatic carbocycles. The van der Waals surface area contributed by atoms with Crippen molar-refractivity contribution in [3.63, 3.8) is 0 Å². The lowest BCUT2D eigenvalue weighted by molar-refractivity contribution is 0.103. The van der Waals surface area contributed by atoms with Crippen LogP contribution in [0.3, 0.4) is 0 Å². The van der Waals surface area contributed by atoms with Gasteiger partial charge in [0.2, 0.25) is 11.3 Å². The van der Waals surface area contributed by atoms with Crippen molar-refractivity contribution in [2.45, 2.75) is 12.8 Å². The number of anilines is 1. The number of benzene rings is 3. The highest BCUT2D eigenvalue weighted by Crippen LogP contribution is 2.28. The van der Waals surface area contributed by atoms with Crippen LogP contribution >= 0.6 is 23.2 Å². The predicted molar refractivity (Wildman–Crippen MR) is 140 cm³/mol. The Kier molecular flexibility index (Phi) is 6.89. The highest BCUT2D eigenvalue weighted by Gasteiger charge is 2.21. The topological polar surface area (TPSA) is 137 Å². The lowest BCUT2D eigenvalue weighted by Crippen LogP contribution is -2.12. The molecular weight excluding hydrogens is 517 g/mol. The number of hydrogen-bond acceptors (Lipinski definition) is 8. The summed E-state index contributed by atoms with van der Waals surface area (Å²) < 4.78 is 11.7. The van der Waals surface area contributed by atoms with Gasteiger partial charge in [-0.05, 0) is 77.4 Å². The van der Waals surface area contributed by atoms with Crippen molar-refractivity contribution in [2.24, 2.45) is 0 Å². The van der Waals surface area contributed by atoms with Gasteiger partial charge in [0.15, 0.2) is 11.5 Å². The lowest BCUT2D eigenvalue weighted by atomic mass is 10.0. The summed E-state index contributed by atoms with van der Waals surface area (Å²) >= 11 is 12.0. The smallest absolute Gasteiger partial charge is 0.217 e. The number of H-pyrrole nitrogens is 1. The number of nitrogens with two attached hydrogens (primary N) is 1. The van der Waals surface area contributed by atoms with Gasteiger partial charge in [0.05, 0.1) is 27.6 Å². The molecule has 5 rings (SSSR count). The Morgan fingerprint density at radius 3 is 2.59 bits per heavy atom. The molecule has 3 aromatic carbocycles. The molecule has 0 unspecified atom stereocenters. The molecule has 3 N–H and O–H groups in total. The van der Waals surface area contributed by atoms with E-state index in [1.807, 2.05) is 12.1 Å². The number of nitrogen functional groups attached to an aromatic ring is 1. The van der Waals surface area contributed by atoms with Crippen molar-refractivity contribution < 1.29 is 13.9 Å². The first-order valence-electron chi connectivity index (χ1n) is 11.2. The van der Waals surface area contributed by atoms with Crippen molar-refractivity contribution in [3.05, 3.63) is 97.6 Å². The second-order valence-electron chi connectivity index (χ2n) is 8.16. The van der Waals surface area contributed by atoms with E-state index in [-0.39, 0.29) is 39.6 Å². The molecule has 0 aliphatic heterocycles. The van der Waals surface area contributed by atoms with E-state index in [9.17, 15) is 9.59 Å². The minimum absolute atomic E-state index is 0.0348. The molecule has 0 spiro atoms. The number of tetrazole rings is 1. The van der Waals surface area contributed by atoms with Crippen LogP contribution in [-0.4, -0.2) is 33.0 Å². The molecule has 0 atom stereocenters. The maximum Gasteiger partial charge on any atom is 0.217 e. The van der Waals surface area contributed by atoms with Gasteiger partial charge in [0.25, 0.3) is 0 Å². The fraction of sp³-hybridized carbons (Fsp3) is 0.115. The number of aryl methyl sites for hydroxylation is 1. The van der Waals surface area contributed by atoms with E-state index in [2.05, 4.69) is 20.6 Å². The fourth-order valence-electron chi connectivity index (χ4n) is 3.86. The maximum absolute atomic E-state index is 13.3.